The molecule has 1 heterocycles. The normalized spacial score (nSPS) is 29.5. The quantitative estimate of drug-likeness (QED) is 0.716. The molecule has 0 aromatic heterocycles. The number of phenols is 1. The summed E-state index contributed by atoms with van der Waals surface area (Å²) in [5.41, 5.74) is 1.58. The van der Waals surface area contributed by atoms with E-state index in [1.54, 1.807) is 24.3 Å². The smallest absolute Gasteiger partial charge is 0.115 e. The van der Waals surface area contributed by atoms with Crippen LogP contribution in [0.15, 0.2) is 54.6 Å². The van der Waals surface area contributed by atoms with Gasteiger partial charge in [-0.15, -0.1) is 0 Å². The number of aliphatic hydroxyl groups excluding tert-OH is 1. The van der Waals surface area contributed by atoms with Crippen LogP contribution in [-0.2, 0) is 6.42 Å². The molecule has 1 aliphatic heterocycles. The predicted molar refractivity (Wildman–Crippen MR) is 110 cm³/mol. The molecule has 1 saturated carbocycles. The lowest BCUT2D eigenvalue weighted by atomic mass is 9.91. The molecule has 2 fully saturated rings. The Labute approximate surface area is 167 Å². The van der Waals surface area contributed by atoms with Gasteiger partial charge >= 0.3 is 0 Å². The highest BCUT2D eigenvalue weighted by Crippen LogP contribution is 2.46. The van der Waals surface area contributed by atoms with Crippen LogP contribution >= 0.6 is 0 Å². The molecule has 0 radical (unpaired) electrons. The molecule has 0 bridgehead atoms. The van der Waals surface area contributed by atoms with Gasteiger partial charge in [0.15, 0.2) is 0 Å². The van der Waals surface area contributed by atoms with E-state index in [1.165, 1.54) is 5.56 Å². The second-order valence-electron chi connectivity index (χ2n) is 8.87. The summed E-state index contributed by atoms with van der Waals surface area (Å²) in [6, 6.07) is 17.2. The Bertz CT molecular complexity index is 762. The molecule has 0 spiro atoms. The molecule has 1 saturated heterocycles. The number of aromatic hydroxyl groups is 1. The Kier molecular flexibility index (Phi) is 5.46. The third-order valence-corrected chi connectivity index (χ3v) is 6.88. The molecule has 2 aromatic carbocycles. The lowest BCUT2D eigenvalue weighted by Gasteiger charge is -2.31. The van der Waals surface area contributed by atoms with Crippen molar-refractivity contribution in [2.24, 2.45) is 11.8 Å². The Morgan fingerprint density at radius 2 is 1.61 bits per heavy atom. The van der Waals surface area contributed by atoms with Crippen molar-refractivity contribution in [3.05, 3.63) is 65.7 Å². The van der Waals surface area contributed by atoms with Gasteiger partial charge in [-0.2, -0.15) is 0 Å². The van der Waals surface area contributed by atoms with Crippen LogP contribution in [-0.4, -0.2) is 45.0 Å². The fourth-order valence-corrected chi connectivity index (χ4v) is 5.21. The highest BCUT2D eigenvalue weighted by atomic mass is 16.3. The van der Waals surface area contributed by atoms with E-state index in [1.807, 2.05) is 6.07 Å². The van der Waals surface area contributed by atoms with Crippen molar-refractivity contribution in [1.82, 2.24) is 4.90 Å². The van der Waals surface area contributed by atoms with E-state index < -0.39 is 11.7 Å². The number of nitrogens with zero attached hydrogens (tertiary/aromatic N) is 1. The lowest BCUT2D eigenvalue weighted by molar-refractivity contribution is 0.0180. The number of hydrogen-bond donors (Lipinski definition) is 3. The molecule has 1 aliphatic carbocycles. The van der Waals surface area contributed by atoms with Crippen molar-refractivity contribution in [2.75, 3.05) is 13.1 Å². The number of phenolic OH excluding ortho intramolecular Hbond substituents is 1. The number of aryl methyl sites for hydroxylation is 1. The molecule has 4 nitrogen and oxygen atoms in total. The maximum absolute atomic E-state index is 11.1. The predicted octanol–water partition coefficient (Wildman–Crippen LogP) is 3.52. The van der Waals surface area contributed by atoms with E-state index in [4.69, 9.17) is 0 Å². The van der Waals surface area contributed by atoms with Gasteiger partial charge in [-0.1, -0.05) is 42.5 Å². The van der Waals surface area contributed by atoms with Crippen molar-refractivity contribution in [3.63, 3.8) is 0 Å². The van der Waals surface area contributed by atoms with Gasteiger partial charge in [-0.3, -0.25) is 4.90 Å². The molecule has 0 amide bonds. The van der Waals surface area contributed by atoms with Gasteiger partial charge in [0.25, 0.3) is 0 Å². The van der Waals surface area contributed by atoms with E-state index in [2.05, 4.69) is 36.1 Å². The van der Waals surface area contributed by atoms with E-state index in [-0.39, 0.29) is 11.8 Å². The van der Waals surface area contributed by atoms with Crippen LogP contribution in [0.2, 0.25) is 0 Å². The largest absolute Gasteiger partial charge is 0.508 e. The average molecular weight is 382 g/mol. The fourth-order valence-electron chi connectivity index (χ4n) is 5.21. The summed E-state index contributed by atoms with van der Waals surface area (Å²) in [7, 11) is 0. The van der Waals surface area contributed by atoms with Crippen molar-refractivity contribution in [2.45, 2.75) is 50.4 Å². The minimum Gasteiger partial charge on any atom is -0.508 e. The van der Waals surface area contributed by atoms with Crippen molar-refractivity contribution >= 4 is 0 Å². The maximum atomic E-state index is 11.1. The first-order valence-electron chi connectivity index (χ1n) is 10.4. The van der Waals surface area contributed by atoms with Gasteiger partial charge in [0.2, 0.25) is 0 Å². The number of benzene rings is 2. The molecule has 2 aromatic rings. The van der Waals surface area contributed by atoms with Crippen LogP contribution < -0.4 is 0 Å². The van der Waals surface area contributed by atoms with Crippen LogP contribution in [0, 0.1) is 11.8 Å². The summed E-state index contributed by atoms with van der Waals surface area (Å²) in [5.74, 6) is 1.24. The Hall–Kier alpha value is -1.88. The first-order chi connectivity index (χ1) is 13.4. The van der Waals surface area contributed by atoms with Gasteiger partial charge in [-0.25, -0.2) is 0 Å². The minimum atomic E-state index is -0.573. The van der Waals surface area contributed by atoms with Gasteiger partial charge in [0.1, 0.15) is 5.75 Å². The zero-order valence-corrected chi connectivity index (χ0v) is 16.5. The third kappa shape index (κ3) is 4.09. The van der Waals surface area contributed by atoms with Crippen LogP contribution in [0.1, 0.15) is 43.4 Å². The number of likely N-dealkylation sites (tertiary alicyclic amines) is 1. The number of hydrogen-bond acceptors (Lipinski definition) is 4. The van der Waals surface area contributed by atoms with Crippen LogP contribution in [0.25, 0.3) is 0 Å². The summed E-state index contributed by atoms with van der Waals surface area (Å²) in [5, 5.41) is 31.3. The molecular weight excluding hydrogens is 350 g/mol. The monoisotopic (exact) mass is 381 g/mol. The zero-order chi connectivity index (χ0) is 19.7. The summed E-state index contributed by atoms with van der Waals surface area (Å²) >= 11 is 0. The van der Waals surface area contributed by atoms with Crippen molar-refractivity contribution in [1.29, 1.82) is 0 Å². The van der Waals surface area contributed by atoms with E-state index in [9.17, 15) is 15.3 Å². The second-order valence-corrected chi connectivity index (χ2v) is 8.87. The highest BCUT2D eigenvalue weighted by Gasteiger charge is 2.49. The van der Waals surface area contributed by atoms with Crippen molar-refractivity contribution < 1.29 is 15.3 Å². The van der Waals surface area contributed by atoms with Gasteiger partial charge in [0.05, 0.1) is 11.7 Å². The van der Waals surface area contributed by atoms with Gasteiger partial charge in [-0.05, 0) is 67.7 Å². The van der Waals surface area contributed by atoms with Crippen LogP contribution in [0.4, 0.5) is 0 Å². The van der Waals surface area contributed by atoms with E-state index in [0.717, 1.165) is 44.3 Å². The highest BCUT2D eigenvalue weighted by molar-refractivity contribution is 5.28. The molecule has 4 rings (SSSR count). The topological polar surface area (TPSA) is 63.9 Å². The molecule has 2 aliphatic rings. The summed E-state index contributed by atoms with van der Waals surface area (Å²) < 4.78 is 0. The van der Waals surface area contributed by atoms with Crippen molar-refractivity contribution in [3.8, 4) is 5.75 Å². The molecule has 5 atom stereocenters. The first kappa shape index (κ1) is 19.4. The van der Waals surface area contributed by atoms with Gasteiger partial charge < -0.3 is 15.3 Å². The number of fused-ring (bicyclic) bond motifs is 1. The maximum Gasteiger partial charge on any atom is 0.115 e. The molecule has 3 unspecified atom stereocenters. The molecular formula is C24H31NO3. The van der Waals surface area contributed by atoms with Crippen LogP contribution in [0.5, 0.6) is 5.75 Å². The SMILES string of the molecule is CC(C(O)c1ccc(O)cc1)N1C[C@@H]2CC(O)(CCc3ccccc3)C[C@@H]2C1. The second kappa shape index (κ2) is 7.86. The number of aliphatic hydroxyl groups is 2. The fraction of sp³-hybridized carbons (Fsp3) is 0.500. The average Bonchev–Trinajstić information content (AvgIpc) is 3.22. The Balaban J connectivity index is 1.32. The Morgan fingerprint density at radius 3 is 2.21 bits per heavy atom. The Morgan fingerprint density at radius 1 is 1.00 bits per heavy atom. The zero-order valence-electron chi connectivity index (χ0n) is 16.5. The molecule has 4 heteroatoms. The summed E-state index contributed by atoms with van der Waals surface area (Å²) in [6.45, 7) is 3.95. The van der Waals surface area contributed by atoms with Crippen LogP contribution in [0.3, 0.4) is 0 Å². The van der Waals surface area contributed by atoms with E-state index >= 15 is 0 Å². The summed E-state index contributed by atoms with van der Waals surface area (Å²) in [4.78, 5) is 2.36. The minimum absolute atomic E-state index is 0.0209. The third-order valence-electron chi connectivity index (χ3n) is 6.88. The number of rotatable bonds is 6. The van der Waals surface area contributed by atoms with E-state index in [0.29, 0.717) is 11.8 Å². The lowest BCUT2D eigenvalue weighted by Crippen LogP contribution is -2.38. The first-order valence-corrected chi connectivity index (χ1v) is 10.4. The van der Waals surface area contributed by atoms with Gasteiger partial charge in [0, 0.05) is 19.1 Å². The molecule has 3 N–H and O–H groups in total. The molecule has 150 valence electrons. The molecule has 28 heavy (non-hydrogen) atoms. The summed E-state index contributed by atoms with van der Waals surface area (Å²) in [6.07, 6.45) is 2.91. The standard InChI is InChI=1S/C24H31NO3/c1-17(23(27)19-7-9-22(26)10-8-19)25-15-20-13-24(28,14-21(20)16-25)12-11-18-5-3-2-4-6-18/h2-10,17,20-21,23,26-28H,11-16H2,1H3/t17?,20-,21+,23?,24?.